The van der Waals surface area contributed by atoms with Crippen LogP contribution in [-0.2, 0) is 4.57 Å². The van der Waals surface area contributed by atoms with Crippen LogP contribution in [-0.4, -0.2) is 10.6 Å². The molecular weight excluding hydrogens is 137 g/mol. The molecule has 0 saturated carbocycles. The summed E-state index contributed by atoms with van der Waals surface area (Å²) in [4.78, 5) is 8.50. The predicted octanol–water partition coefficient (Wildman–Crippen LogP) is 1.41. The van der Waals surface area contributed by atoms with Gasteiger partial charge in [0, 0.05) is 0 Å². The number of rotatable bonds is 3. The summed E-state index contributed by atoms with van der Waals surface area (Å²) >= 11 is 0. The van der Waals surface area contributed by atoms with Crippen LogP contribution >= 0.6 is 8.03 Å². The maximum atomic E-state index is 10.3. The van der Waals surface area contributed by atoms with Crippen molar-refractivity contribution in [3.05, 3.63) is 0 Å². The summed E-state index contributed by atoms with van der Waals surface area (Å²) in [5.74, 6) is 0. The Balaban J connectivity index is 3.71. The predicted molar refractivity (Wildman–Crippen MR) is 34.1 cm³/mol. The molecule has 0 rings (SSSR count). The van der Waals surface area contributed by atoms with E-state index in [1.807, 2.05) is 6.07 Å². The van der Waals surface area contributed by atoms with Crippen LogP contribution in [0.3, 0.4) is 0 Å². The Hall–Kier alpha value is -0.450. The summed E-state index contributed by atoms with van der Waals surface area (Å²) < 4.78 is 10.3. The van der Waals surface area contributed by atoms with Crippen LogP contribution in [0.5, 0.6) is 0 Å². The fourth-order valence-corrected chi connectivity index (χ4v) is 1.03. The molecule has 50 valence electrons. The quantitative estimate of drug-likeness (QED) is 0.612. The molecule has 2 atom stereocenters. The van der Waals surface area contributed by atoms with E-state index < -0.39 is 8.03 Å². The van der Waals surface area contributed by atoms with Crippen LogP contribution < -0.4 is 0 Å². The van der Waals surface area contributed by atoms with Crippen molar-refractivity contribution < 1.29 is 9.46 Å². The van der Waals surface area contributed by atoms with Crippen molar-refractivity contribution >= 4 is 8.03 Å². The summed E-state index contributed by atoms with van der Waals surface area (Å²) in [5.41, 5.74) is -0.329. The van der Waals surface area contributed by atoms with E-state index in [0.717, 1.165) is 0 Å². The highest BCUT2D eigenvalue weighted by Crippen LogP contribution is 2.27. The van der Waals surface area contributed by atoms with E-state index in [2.05, 4.69) is 0 Å². The maximum absolute atomic E-state index is 10.3. The van der Waals surface area contributed by atoms with E-state index >= 15 is 0 Å². The molecule has 0 fully saturated rings. The zero-order chi connectivity index (χ0) is 7.28. The van der Waals surface area contributed by atoms with Crippen molar-refractivity contribution in [2.75, 3.05) is 0 Å². The van der Waals surface area contributed by atoms with E-state index in [-0.39, 0.29) is 12.1 Å². The van der Waals surface area contributed by atoms with Gasteiger partial charge in [-0.25, -0.2) is 0 Å². The van der Waals surface area contributed by atoms with E-state index in [1.165, 1.54) is 0 Å². The van der Waals surface area contributed by atoms with Gasteiger partial charge < -0.3 is 0 Å². The molecule has 0 heterocycles. The van der Waals surface area contributed by atoms with Crippen molar-refractivity contribution in [2.24, 2.45) is 0 Å². The zero-order valence-corrected chi connectivity index (χ0v) is 6.14. The molecule has 0 bridgehead atoms. The third-order valence-corrected chi connectivity index (χ3v) is 2.28. The lowest BCUT2D eigenvalue weighted by atomic mass is 10.3. The Labute approximate surface area is 55.2 Å². The topological polar surface area (TPSA) is 61.1 Å². The SMILES string of the molecule is CCC(CC#N)[P+](=O)O. The standard InChI is InChI=1S/C5H8NO2P/c1-2-5(3-4-6)9(7)8/h5H,2-3H2,1H3/p+1. The third kappa shape index (κ3) is 3.18. The van der Waals surface area contributed by atoms with Gasteiger partial charge in [0.05, 0.1) is 12.5 Å². The normalized spacial score (nSPS) is 14.1. The van der Waals surface area contributed by atoms with E-state index in [4.69, 9.17) is 10.2 Å². The van der Waals surface area contributed by atoms with Gasteiger partial charge in [0.15, 0.2) is 5.66 Å². The molecule has 0 aromatic heterocycles. The first kappa shape index (κ1) is 8.55. The van der Waals surface area contributed by atoms with Crippen molar-refractivity contribution in [1.82, 2.24) is 0 Å². The van der Waals surface area contributed by atoms with Gasteiger partial charge in [-0.2, -0.15) is 10.2 Å². The fraction of sp³-hybridized carbons (Fsp3) is 0.800. The minimum atomic E-state index is -2.14. The average Bonchev–Trinajstić information content (AvgIpc) is 1.82. The Bertz CT molecular complexity index is 140. The highest BCUT2D eigenvalue weighted by molar-refractivity contribution is 7.38. The van der Waals surface area contributed by atoms with Gasteiger partial charge in [-0.1, -0.05) is 6.92 Å². The van der Waals surface area contributed by atoms with Crippen LogP contribution in [0.15, 0.2) is 0 Å². The summed E-state index contributed by atoms with van der Waals surface area (Å²) in [6.45, 7) is 1.80. The second-order valence-electron chi connectivity index (χ2n) is 1.73. The molecular formula is C5H9NO2P+. The van der Waals surface area contributed by atoms with E-state index in [0.29, 0.717) is 6.42 Å². The largest absolute Gasteiger partial charge is 0.509 e. The molecule has 0 amide bonds. The molecule has 0 aromatic rings. The van der Waals surface area contributed by atoms with Gasteiger partial charge >= 0.3 is 8.03 Å². The molecule has 0 radical (unpaired) electrons. The molecule has 0 aliphatic heterocycles. The van der Waals surface area contributed by atoms with Gasteiger partial charge in [0.25, 0.3) is 0 Å². The van der Waals surface area contributed by atoms with Crippen LogP contribution in [0.4, 0.5) is 0 Å². The molecule has 3 nitrogen and oxygen atoms in total. The van der Waals surface area contributed by atoms with Crippen LogP contribution in [0.2, 0.25) is 0 Å². The second-order valence-corrected chi connectivity index (χ2v) is 3.06. The smallest absolute Gasteiger partial charge is 0.198 e. The third-order valence-electron chi connectivity index (χ3n) is 1.11. The first-order valence-electron chi connectivity index (χ1n) is 2.74. The van der Waals surface area contributed by atoms with Crippen LogP contribution in [0.25, 0.3) is 0 Å². The van der Waals surface area contributed by atoms with E-state index in [9.17, 15) is 4.57 Å². The lowest BCUT2D eigenvalue weighted by Crippen LogP contribution is -1.97. The highest BCUT2D eigenvalue weighted by atomic mass is 31.1. The molecule has 0 aromatic carbocycles. The molecule has 1 N–H and O–H groups in total. The number of nitriles is 1. The van der Waals surface area contributed by atoms with Crippen LogP contribution in [0.1, 0.15) is 19.8 Å². The molecule has 0 aliphatic carbocycles. The summed E-state index contributed by atoms with van der Waals surface area (Å²) in [6, 6.07) is 1.86. The molecule has 9 heavy (non-hydrogen) atoms. The lowest BCUT2D eigenvalue weighted by molar-refractivity contribution is 0.486. The van der Waals surface area contributed by atoms with Crippen molar-refractivity contribution in [3.63, 3.8) is 0 Å². The number of hydrogen-bond acceptors (Lipinski definition) is 2. The molecule has 0 aliphatic rings. The van der Waals surface area contributed by atoms with Crippen molar-refractivity contribution in [1.29, 1.82) is 5.26 Å². The van der Waals surface area contributed by atoms with Crippen molar-refractivity contribution in [2.45, 2.75) is 25.4 Å². The number of hydrogen-bond donors (Lipinski definition) is 1. The minimum absolute atomic E-state index is 0.183. The monoisotopic (exact) mass is 146 g/mol. The number of nitrogens with zero attached hydrogens (tertiary/aromatic N) is 1. The van der Waals surface area contributed by atoms with Gasteiger partial charge in [-0.15, -0.1) is 0 Å². The summed E-state index contributed by atoms with van der Waals surface area (Å²) in [6.07, 6.45) is 0.779. The van der Waals surface area contributed by atoms with Gasteiger partial charge in [-0.05, 0) is 11.0 Å². The molecule has 2 unspecified atom stereocenters. The van der Waals surface area contributed by atoms with E-state index in [1.54, 1.807) is 6.92 Å². The van der Waals surface area contributed by atoms with Gasteiger partial charge in [0.2, 0.25) is 0 Å². The maximum Gasteiger partial charge on any atom is 0.509 e. The zero-order valence-electron chi connectivity index (χ0n) is 5.24. The lowest BCUT2D eigenvalue weighted by Gasteiger charge is -1.89. The van der Waals surface area contributed by atoms with Crippen LogP contribution in [0, 0.1) is 11.3 Å². The minimum Gasteiger partial charge on any atom is -0.198 e. The molecule has 0 saturated heterocycles. The highest BCUT2D eigenvalue weighted by Gasteiger charge is 2.25. The Morgan fingerprint density at radius 1 is 1.89 bits per heavy atom. The Morgan fingerprint density at radius 2 is 2.44 bits per heavy atom. The Morgan fingerprint density at radius 3 is 2.56 bits per heavy atom. The van der Waals surface area contributed by atoms with Crippen molar-refractivity contribution in [3.8, 4) is 6.07 Å². The fourth-order valence-electron chi connectivity index (χ4n) is 0.484. The van der Waals surface area contributed by atoms with Gasteiger partial charge in [0.1, 0.15) is 0 Å². The molecule has 4 heteroatoms. The summed E-state index contributed by atoms with van der Waals surface area (Å²) in [5, 5.41) is 8.13. The summed E-state index contributed by atoms with van der Waals surface area (Å²) in [7, 11) is -2.14. The average molecular weight is 146 g/mol. The molecule has 0 spiro atoms. The van der Waals surface area contributed by atoms with Gasteiger partial charge in [-0.3, -0.25) is 0 Å². The first-order valence-corrected chi connectivity index (χ1v) is 4.02. The second kappa shape index (κ2) is 4.43. The Kier molecular flexibility index (Phi) is 4.21. The first-order chi connectivity index (χ1) is 4.22.